The summed E-state index contributed by atoms with van der Waals surface area (Å²) in [4.78, 5) is 25.8. The maximum absolute atomic E-state index is 12.3. The lowest BCUT2D eigenvalue weighted by molar-refractivity contribution is -0.149. The summed E-state index contributed by atoms with van der Waals surface area (Å²) in [7, 11) is 0. The molecule has 1 atom stereocenters. The number of hydrogen-bond donors (Lipinski definition) is 0. The molecule has 1 aliphatic heterocycles. The third-order valence-electron chi connectivity index (χ3n) is 3.55. The minimum Gasteiger partial charge on any atom is -0.466 e. The lowest BCUT2D eigenvalue weighted by atomic mass is 9.98. The standard InChI is InChI=1S/C15H21NO4/c1-3-12-7-8-13(20-12)14(17)16-9-5-6-11(10-16)15(18)19-4-2/h7-8,11H,3-6,9-10H2,1-2H3. The first-order valence-corrected chi connectivity index (χ1v) is 7.20. The summed E-state index contributed by atoms with van der Waals surface area (Å²) in [5, 5.41) is 0. The Kier molecular flexibility index (Phi) is 4.82. The van der Waals surface area contributed by atoms with Gasteiger partial charge in [-0.05, 0) is 31.9 Å². The smallest absolute Gasteiger partial charge is 0.310 e. The second-order valence-electron chi connectivity index (χ2n) is 4.96. The van der Waals surface area contributed by atoms with Crippen LogP contribution in [0.1, 0.15) is 43.0 Å². The van der Waals surface area contributed by atoms with Crippen molar-refractivity contribution < 1.29 is 18.7 Å². The van der Waals surface area contributed by atoms with Gasteiger partial charge in [0.25, 0.3) is 5.91 Å². The highest BCUT2D eigenvalue weighted by Gasteiger charge is 2.30. The second-order valence-corrected chi connectivity index (χ2v) is 4.96. The van der Waals surface area contributed by atoms with E-state index in [4.69, 9.17) is 9.15 Å². The highest BCUT2D eigenvalue weighted by Crippen LogP contribution is 2.20. The lowest BCUT2D eigenvalue weighted by Crippen LogP contribution is -2.42. The molecule has 1 aromatic rings. The number of nitrogens with zero attached hydrogens (tertiary/aromatic N) is 1. The molecule has 0 aliphatic carbocycles. The molecular weight excluding hydrogens is 258 g/mol. The number of ether oxygens (including phenoxy) is 1. The van der Waals surface area contributed by atoms with Gasteiger partial charge in [0.2, 0.25) is 0 Å². The number of likely N-dealkylation sites (tertiary alicyclic amines) is 1. The van der Waals surface area contributed by atoms with E-state index in [0.29, 0.717) is 25.5 Å². The van der Waals surface area contributed by atoms with Crippen LogP contribution < -0.4 is 0 Å². The van der Waals surface area contributed by atoms with Gasteiger partial charge in [0.05, 0.1) is 12.5 Å². The van der Waals surface area contributed by atoms with E-state index in [0.717, 1.165) is 25.0 Å². The van der Waals surface area contributed by atoms with E-state index in [1.807, 2.05) is 13.0 Å². The SMILES string of the molecule is CCOC(=O)C1CCCN(C(=O)c2ccc(CC)o2)C1. The quantitative estimate of drug-likeness (QED) is 0.793. The van der Waals surface area contributed by atoms with Crippen molar-refractivity contribution in [3.8, 4) is 0 Å². The van der Waals surface area contributed by atoms with Crippen LogP contribution in [0.25, 0.3) is 0 Å². The molecule has 0 spiro atoms. The zero-order chi connectivity index (χ0) is 14.5. The van der Waals surface area contributed by atoms with Crippen molar-refractivity contribution in [3.05, 3.63) is 23.7 Å². The molecular formula is C15H21NO4. The molecule has 0 saturated carbocycles. The Morgan fingerprint density at radius 3 is 2.85 bits per heavy atom. The number of furan rings is 1. The first-order valence-electron chi connectivity index (χ1n) is 7.20. The Morgan fingerprint density at radius 1 is 1.40 bits per heavy atom. The van der Waals surface area contributed by atoms with Crippen LogP contribution in [-0.4, -0.2) is 36.5 Å². The predicted octanol–water partition coefficient (Wildman–Crippen LogP) is 2.26. The molecule has 1 aliphatic rings. The number of aryl methyl sites for hydroxylation is 1. The Morgan fingerprint density at radius 2 is 2.20 bits per heavy atom. The van der Waals surface area contributed by atoms with Crippen molar-refractivity contribution in [1.82, 2.24) is 4.90 Å². The minimum absolute atomic E-state index is 0.140. The summed E-state index contributed by atoms with van der Waals surface area (Å²) < 4.78 is 10.5. The monoisotopic (exact) mass is 279 g/mol. The average Bonchev–Trinajstić information content (AvgIpc) is 2.96. The van der Waals surface area contributed by atoms with Crippen LogP contribution in [0.5, 0.6) is 0 Å². The van der Waals surface area contributed by atoms with E-state index in [9.17, 15) is 9.59 Å². The fraction of sp³-hybridized carbons (Fsp3) is 0.600. The van der Waals surface area contributed by atoms with E-state index in [1.165, 1.54) is 0 Å². The number of carbonyl (C=O) groups is 2. The molecule has 1 saturated heterocycles. The van der Waals surface area contributed by atoms with E-state index in [1.54, 1.807) is 17.9 Å². The number of amides is 1. The van der Waals surface area contributed by atoms with Crippen molar-refractivity contribution in [2.24, 2.45) is 5.92 Å². The van der Waals surface area contributed by atoms with Crippen molar-refractivity contribution in [2.45, 2.75) is 33.1 Å². The number of hydrogen-bond acceptors (Lipinski definition) is 4. The summed E-state index contributed by atoms with van der Waals surface area (Å²) >= 11 is 0. The topological polar surface area (TPSA) is 59.8 Å². The Labute approximate surface area is 118 Å². The summed E-state index contributed by atoms with van der Waals surface area (Å²) in [5.41, 5.74) is 0. The molecule has 1 fully saturated rings. The molecule has 5 nitrogen and oxygen atoms in total. The fourth-order valence-corrected chi connectivity index (χ4v) is 2.45. The fourth-order valence-electron chi connectivity index (χ4n) is 2.45. The average molecular weight is 279 g/mol. The zero-order valence-corrected chi connectivity index (χ0v) is 12.1. The maximum atomic E-state index is 12.3. The van der Waals surface area contributed by atoms with Gasteiger partial charge in [-0.2, -0.15) is 0 Å². The summed E-state index contributed by atoms with van der Waals surface area (Å²) in [6.07, 6.45) is 2.36. The summed E-state index contributed by atoms with van der Waals surface area (Å²) in [6, 6.07) is 3.52. The van der Waals surface area contributed by atoms with Crippen LogP contribution in [0.15, 0.2) is 16.5 Å². The molecule has 0 N–H and O–H groups in total. The predicted molar refractivity (Wildman–Crippen MR) is 73.3 cm³/mol. The van der Waals surface area contributed by atoms with Crippen molar-refractivity contribution >= 4 is 11.9 Å². The van der Waals surface area contributed by atoms with Gasteiger partial charge in [-0.3, -0.25) is 9.59 Å². The molecule has 1 aromatic heterocycles. The molecule has 2 heterocycles. The Bertz CT molecular complexity index is 480. The summed E-state index contributed by atoms with van der Waals surface area (Å²) in [5.74, 6) is 0.587. The first kappa shape index (κ1) is 14.6. The van der Waals surface area contributed by atoms with Crippen molar-refractivity contribution in [2.75, 3.05) is 19.7 Å². The van der Waals surface area contributed by atoms with Gasteiger partial charge in [0.15, 0.2) is 5.76 Å². The van der Waals surface area contributed by atoms with Gasteiger partial charge >= 0.3 is 5.97 Å². The van der Waals surface area contributed by atoms with E-state index in [-0.39, 0.29) is 17.8 Å². The van der Waals surface area contributed by atoms with Crippen LogP contribution in [-0.2, 0) is 16.0 Å². The molecule has 1 amide bonds. The molecule has 0 aromatic carbocycles. The number of piperidine rings is 1. The van der Waals surface area contributed by atoms with Crippen LogP contribution in [0.2, 0.25) is 0 Å². The van der Waals surface area contributed by atoms with E-state index >= 15 is 0 Å². The third kappa shape index (κ3) is 3.21. The summed E-state index contributed by atoms with van der Waals surface area (Å²) in [6.45, 7) is 5.22. The molecule has 0 radical (unpaired) electrons. The van der Waals surface area contributed by atoms with Crippen LogP contribution in [0, 0.1) is 5.92 Å². The van der Waals surface area contributed by atoms with Crippen molar-refractivity contribution in [3.63, 3.8) is 0 Å². The largest absolute Gasteiger partial charge is 0.466 e. The van der Waals surface area contributed by atoms with Gasteiger partial charge in [-0.25, -0.2) is 0 Å². The Balaban J connectivity index is 2.01. The van der Waals surface area contributed by atoms with E-state index in [2.05, 4.69) is 0 Å². The number of carbonyl (C=O) groups excluding carboxylic acids is 2. The minimum atomic E-state index is -0.215. The first-order chi connectivity index (χ1) is 9.65. The molecule has 2 rings (SSSR count). The highest BCUT2D eigenvalue weighted by molar-refractivity contribution is 5.92. The maximum Gasteiger partial charge on any atom is 0.310 e. The van der Waals surface area contributed by atoms with Gasteiger partial charge in [-0.15, -0.1) is 0 Å². The number of rotatable bonds is 4. The Hall–Kier alpha value is -1.78. The van der Waals surface area contributed by atoms with Gasteiger partial charge in [0, 0.05) is 19.5 Å². The normalized spacial score (nSPS) is 18.9. The lowest BCUT2D eigenvalue weighted by Gasteiger charge is -2.30. The van der Waals surface area contributed by atoms with Gasteiger partial charge in [0.1, 0.15) is 5.76 Å². The van der Waals surface area contributed by atoms with Gasteiger partial charge < -0.3 is 14.1 Å². The van der Waals surface area contributed by atoms with Crippen LogP contribution >= 0.6 is 0 Å². The molecule has 0 bridgehead atoms. The zero-order valence-electron chi connectivity index (χ0n) is 12.1. The van der Waals surface area contributed by atoms with Crippen LogP contribution in [0.4, 0.5) is 0 Å². The molecule has 1 unspecified atom stereocenters. The molecule has 110 valence electrons. The van der Waals surface area contributed by atoms with Gasteiger partial charge in [-0.1, -0.05) is 6.92 Å². The van der Waals surface area contributed by atoms with Crippen LogP contribution in [0.3, 0.4) is 0 Å². The molecule has 20 heavy (non-hydrogen) atoms. The highest BCUT2D eigenvalue weighted by atomic mass is 16.5. The number of esters is 1. The van der Waals surface area contributed by atoms with E-state index < -0.39 is 0 Å². The van der Waals surface area contributed by atoms with Crippen molar-refractivity contribution in [1.29, 1.82) is 0 Å². The molecule has 5 heteroatoms. The second kappa shape index (κ2) is 6.59. The third-order valence-corrected chi connectivity index (χ3v) is 3.55.